The standard InChI is InChI=1S/C21H22FN3O7/c22-17-9-14(25-10-15(32-21(25)29)12-30-19-5-8-31-23-19)1-2-16(17)13-3-6-24(7-4-13)20(28)18(27)11-26/h1-3,5,8-9,15,18,26-27H,4,6-7,10-12H2/t15-,18+/m1/s1. The molecule has 2 aliphatic heterocycles. The fourth-order valence-corrected chi connectivity index (χ4v) is 3.61. The number of cyclic esters (lactones) is 1. The maximum absolute atomic E-state index is 14.9. The molecule has 3 heterocycles. The molecular formula is C21H22FN3O7. The van der Waals surface area contributed by atoms with Crippen LogP contribution in [0.2, 0.25) is 0 Å². The molecule has 32 heavy (non-hydrogen) atoms. The monoisotopic (exact) mass is 447 g/mol. The Balaban J connectivity index is 1.39. The van der Waals surface area contributed by atoms with Gasteiger partial charge >= 0.3 is 6.09 Å². The van der Waals surface area contributed by atoms with Crippen LogP contribution in [0.5, 0.6) is 5.88 Å². The number of carbonyl (C=O) groups excluding carboxylic acids is 2. The largest absolute Gasteiger partial charge is 0.471 e. The van der Waals surface area contributed by atoms with Gasteiger partial charge in [-0.15, -0.1) is 0 Å². The first-order chi connectivity index (χ1) is 15.5. The van der Waals surface area contributed by atoms with E-state index in [1.807, 2.05) is 0 Å². The fourth-order valence-electron chi connectivity index (χ4n) is 3.61. The second kappa shape index (κ2) is 9.37. The van der Waals surface area contributed by atoms with Crippen molar-refractivity contribution < 1.29 is 38.2 Å². The summed E-state index contributed by atoms with van der Waals surface area (Å²) in [5.74, 6) is -0.783. The number of aromatic nitrogens is 1. The van der Waals surface area contributed by atoms with Crippen LogP contribution in [-0.4, -0.2) is 77.3 Å². The predicted octanol–water partition coefficient (Wildman–Crippen LogP) is 1.19. The number of aliphatic hydroxyl groups is 2. The molecule has 1 aromatic heterocycles. The minimum atomic E-state index is -1.45. The summed E-state index contributed by atoms with van der Waals surface area (Å²) >= 11 is 0. The molecule has 0 unspecified atom stereocenters. The number of halogens is 1. The molecule has 2 atom stereocenters. The third-order valence-corrected chi connectivity index (χ3v) is 5.29. The van der Waals surface area contributed by atoms with Crippen molar-refractivity contribution in [3.63, 3.8) is 0 Å². The van der Waals surface area contributed by atoms with Crippen LogP contribution in [0.1, 0.15) is 12.0 Å². The van der Waals surface area contributed by atoms with E-state index in [0.717, 1.165) is 5.57 Å². The topological polar surface area (TPSA) is 126 Å². The number of hydrogen-bond donors (Lipinski definition) is 2. The van der Waals surface area contributed by atoms with Gasteiger partial charge in [0.15, 0.2) is 12.2 Å². The quantitative estimate of drug-likeness (QED) is 0.648. The van der Waals surface area contributed by atoms with E-state index in [2.05, 4.69) is 9.68 Å². The number of aliphatic hydroxyl groups excluding tert-OH is 2. The maximum atomic E-state index is 14.9. The number of ether oxygens (including phenoxy) is 2. The smallest absolute Gasteiger partial charge is 0.414 e. The molecule has 0 radical (unpaired) electrons. The van der Waals surface area contributed by atoms with Gasteiger partial charge in [-0.3, -0.25) is 9.69 Å². The van der Waals surface area contributed by atoms with E-state index in [1.165, 1.54) is 28.2 Å². The van der Waals surface area contributed by atoms with E-state index in [0.29, 0.717) is 24.2 Å². The van der Waals surface area contributed by atoms with Crippen LogP contribution < -0.4 is 9.64 Å². The summed E-state index contributed by atoms with van der Waals surface area (Å²) in [5.41, 5.74) is 1.46. The lowest BCUT2D eigenvalue weighted by Gasteiger charge is -2.28. The van der Waals surface area contributed by atoms with Gasteiger partial charge in [-0.2, -0.15) is 0 Å². The third kappa shape index (κ3) is 4.58. The van der Waals surface area contributed by atoms with Crippen LogP contribution in [-0.2, 0) is 9.53 Å². The van der Waals surface area contributed by atoms with Crippen molar-refractivity contribution in [1.29, 1.82) is 0 Å². The maximum Gasteiger partial charge on any atom is 0.414 e. The van der Waals surface area contributed by atoms with Crippen molar-refractivity contribution in [3.8, 4) is 5.88 Å². The van der Waals surface area contributed by atoms with E-state index < -0.39 is 36.6 Å². The van der Waals surface area contributed by atoms with Crippen LogP contribution in [0.25, 0.3) is 5.57 Å². The number of amides is 2. The molecule has 0 bridgehead atoms. The molecule has 0 saturated carbocycles. The lowest BCUT2D eigenvalue weighted by molar-refractivity contribution is -0.141. The van der Waals surface area contributed by atoms with Crippen LogP contribution >= 0.6 is 0 Å². The number of rotatable bonds is 7. The Morgan fingerprint density at radius 1 is 1.38 bits per heavy atom. The first kappa shape index (κ1) is 21.8. The average molecular weight is 447 g/mol. The van der Waals surface area contributed by atoms with Crippen LogP contribution in [0.4, 0.5) is 14.9 Å². The van der Waals surface area contributed by atoms with Crippen LogP contribution in [0, 0.1) is 5.82 Å². The lowest BCUT2D eigenvalue weighted by atomic mass is 9.98. The summed E-state index contributed by atoms with van der Waals surface area (Å²) in [4.78, 5) is 26.9. The van der Waals surface area contributed by atoms with Crippen LogP contribution in [0.3, 0.4) is 0 Å². The first-order valence-electron chi connectivity index (χ1n) is 10.0. The van der Waals surface area contributed by atoms with E-state index >= 15 is 0 Å². The van der Waals surface area contributed by atoms with Crippen molar-refractivity contribution >= 4 is 23.3 Å². The highest BCUT2D eigenvalue weighted by Gasteiger charge is 2.33. The third-order valence-electron chi connectivity index (χ3n) is 5.29. The Hall–Kier alpha value is -3.44. The molecule has 4 rings (SSSR count). The highest BCUT2D eigenvalue weighted by atomic mass is 19.1. The summed E-state index contributed by atoms with van der Waals surface area (Å²) < 4.78 is 30.2. The molecule has 1 saturated heterocycles. The Kier molecular flexibility index (Phi) is 6.37. The molecule has 2 N–H and O–H groups in total. The second-order valence-corrected chi connectivity index (χ2v) is 7.39. The predicted molar refractivity (Wildman–Crippen MR) is 108 cm³/mol. The Bertz CT molecular complexity index is 1010. The molecule has 2 aromatic rings. The highest BCUT2D eigenvalue weighted by Crippen LogP contribution is 2.30. The van der Waals surface area contributed by atoms with Gasteiger partial charge in [-0.25, -0.2) is 9.18 Å². The molecule has 2 amide bonds. The van der Waals surface area contributed by atoms with Gasteiger partial charge in [0.2, 0.25) is 0 Å². The number of nitrogens with zero attached hydrogens (tertiary/aromatic N) is 3. The molecule has 0 spiro atoms. The van der Waals surface area contributed by atoms with Crippen molar-refractivity contribution in [1.82, 2.24) is 10.1 Å². The number of carbonyl (C=O) groups is 2. The zero-order valence-corrected chi connectivity index (χ0v) is 17.0. The molecular weight excluding hydrogens is 425 g/mol. The van der Waals surface area contributed by atoms with E-state index in [4.69, 9.17) is 14.6 Å². The zero-order chi connectivity index (χ0) is 22.7. The van der Waals surface area contributed by atoms with E-state index in [1.54, 1.807) is 18.2 Å². The zero-order valence-electron chi connectivity index (χ0n) is 17.0. The lowest BCUT2D eigenvalue weighted by Crippen LogP contribution is -2.42. The number of anilines is 1. The summed E-state index contributed by atoms with van der Waals surface area (Å²) in [5, 5.41) is 22.0. The molecule has 1 aromatic carbocycles. The van der Waals surface area contributed by atoms with E-state index in [9.17, 15) is 19.1 Å². The molecule has 170 valence electrons. The molecule has 2 aliphatic rings. The van der Waals surface area contributed by atoms with Crippen molar-refractivity contribution in [2.75, 3.05) is 37.7 Å². The normalized spacial score (nSPS) is 19.5. The highest BCUT2D eigenvalue weighted by molar-refractivity contribution is 5.90. The van der Waals surface area contributed by atoms with Gasteiger partial charge in [0, 0.05) is 24.7 Å². The number of hydrogen-bond acceptors (Lipinski definition) is 8. The van der Waals surface area contributed by atoms with Crippen molar-refractivity contribution in [3.05, 3.63) is 48.0 Å². The molecule has 11 heteroatoms. The Morgan fingerprint density at radius 2 is 2.22 bits per heavy atom. The SMILES string of the molecule is O=C([C@@H](O)CO)N1CC=C(c2ccc(N3C[C@H](COc4ccon4)OC3=O)cc2F)CC1. The van der Waals surface area contributed by atoms with Gasteiger partial charge < -0.3 is 29.1 Å². The molecule has 0 aliphatic carbocycles. The van der Waals surface area contributed by atoms with Gasteiger partial charge in [-0.05, 0) is 35.3 Å². The van der Waals surface area contributed by atoms with Gasteiger partial charge in [0.25, 0.3) is 11.8 Å². The summed E-state index contributed by atoms with van der Waals surface area (Å²) in [6.07, 6.45) is 0.882. The minimum absolute atomic E-state index is 0.0857. The average Bonchev–Trinajstić information content (AvgIpc) is 3.46. The molecule has 1 fully saturated rings. The minimum Gasteiger partial charge on any atom is -0.471 e. The number of benzene rings is 1. The molecule has 10 nitrogen and oxygen atoms in total. The van der Waals surface area contributed by atoms with Crippen molar-refractivity contribution in [2.45, 2.75) is 18.6 Å². The summed E-state index contributed by atoms with van der Waals surface area (Å²) in [6.45, 7) is 0.144. The summed E-state index contributed by atoms with van der Waals surface area (Å²) in [7, 11) is 0. The Labute approximate surface area is 182 Å². The van der Waals surface area contributed by atoms with Crippen LogP contribution in [0.15, 0.2) is 41.1 Å². The summed E-state index contributed by atoms with van der Waals surface area (Å²) in [6, 6.07) is 6.02. The van der Waals surface area contributed by atoms with Gasteiger partial charge in [-0.1, -0.05) is 6.08 Å². The fraction of sp³-hybridized carbons (Fsp3) is 0.381. The van der Waals surface area contributed by atoms with Gasteiger partial charge in [0.1, 0.15) is 18.7 Å². The second-order valence-electron chi connectivity index (χ2n) is 7.39. The van der Waals surface area contributed by atoms with Crippen molar-refractivity contribution in [2.24, 2.45) is 0 Å². The van der Waals surface area contributed by atoms with E-state index in [-0.39, 0.29) is 25.6 Å². The Morgan fingerprint density at radius 3 is 2.88 bits per heavy atom. The first-order valence-corrected chi connectivity index (χ1v) is 10.0. The van der Waals surface area contributed by atoms with Gasteiger partial charge in [0.05, 0.1) is 18.8 Å².